The van der Waals surface area contributed by atoms with Gasteiger partial charge in [-0.2, -0.15) is 0 Å². The number of hydrogen-bond acceptors (Lipinski definition) is 2. The molecule has 4 heteroatoms. The van der Waals surface area contributed by atoms with Gasteiger partial charge >= 0.3 is 0 Å². The van der Waals surface area contributed by atoms with Crippen LogP contribution >= 0.6 is 0 Å². The van der Waals surface area contributed by atoms with E-state index in [1.54, 1.807) is 0 Å². The van der Waals surface area contributed by atoms with Crippen LogP contribution in [-0.2, 0) is 13.6 Å². The predicted molar refractivity (Wildman–Crippen MR) is 55.2 cm³/mol. The van der Waals surface area contributed by atoms with Gasteiger partial charge in [0, 0.05) is 32.4 Å². The van der Waals surface area contributed by atoms with Gasteiger partial charge in [-0.25, -0.2) is 4.98 Å². The molecule has 0 atom stereocenters. The van der Waals surface area contributed by atoms with Crippen molar-refractivity contribution in [1.82, 2.24) is 14.5 Å². The van der Waals surface area contributed by atoms with Crippen LogP contribution in [0.4, 0.5) is 0 Å². The number of piperidine rings is 1. The SMILES string of the molecule is Cn1ccnc1CN1CCCCC1=N. The Morgan fingerprint density at radius 2 is 2.36 bits per heavy atom. The Morgan fingerprint density at radius 3 is 3.00 bits per heavy atom. The van der Waals surface area contributed by atoms with Crippen molar-refractivity contribution < 1.29 is 0 Å². The van der Waals surface area contributed by atoms with Gasteiger partial charge in [-0.1, -0.05) is 0 Å². The zero-order valence-corrected chi connectivity index (χ0v) is 8.53. The molecule has 1 aliphatic heterocycles. The number of nitrogens with one attached hydrogen (secondary N) is 1. The number of amidine groups is 1. The fourth-order valence-electron chi connectivity index (χ4n) is 1.78. The summed E-state index contributed by atoms with van der Waals surface area (Å²) in [5.41, 5.74) is 0. The summed E-state index contributed by atoms with van der Waals surface area (Å²) in [5, 5.41) is 7.81. The fraction of sp³-hybridized carbons (Fsp3) is 0.600. The molecule has 14 heavy (non-hydrogen) atoms. The van der Waals surface area contributed by atoms with Gasteiger partial charge in [0.15, 0.2) is 0 Å². The maximum Gasteiger partial charge on any atom is 0.128 e. The van der Waals surface area contributed by atoms with Crippen LogP contribution in [0.2, 0.25) is 0 Å². The van der Waals surface area contributed by atoms with Crippen LogP contribution in [0.25, 0.3) is 0 Å². The molecule has 1 fully saturated rings. The van der Waals surface area contributed by atoms with Crippen LogP contribution in [0.5, 0.6) is 0 Å². The molecule has 0 saturated carbocycles. The summed E-state index contributed by atoms with van der Waals surface area (Å²) >= 11 is 0. The minimum atomic E-state index is 0.763. The Kier molecular flexibility index (Phi) is 2.52. The van der Waals surface area contributed by atoms with E-state index >= 15 is 0 Å². The van der Waals surface area contributed by atoms with Gasteiger partial charge < -0.3 is 9.47 Å². The van der Waals surface area contributed by atoms with Gasteiger partial charge in [-0.3, -0.25) is 5.41 Å². The van der Waals surface area contributed by atoms with Crippen molar-refractivity contribution in [2.45, 2.75) is 25.8 Å². The largest absolute Gasteiger partial charge is 0.353 e. The Hall–Kier alpha value is -1.32. The van der Waals surface area contributed by atoms with Gasteiger partial charge in [0.1, 0.15) is 5.82 Å². The topological polar surface area (TPSA) is 44.9 Å². The summed E-state index contributed by atoms with van der Waals surface area (Å²) < 4.78 is 2.02. The molecule has 1 aromatic heterocycles. The molecule has 0 unspecified atom stereocenters. The highest BCUT2D eigenvalue weighted by Gasteiger charge is 2.16. The Morgan fingerprint density at radius 1 is 1.50 bits per heavy atom. The summed E-state index contributed by atoms with van der Waals surface area (Å²) in [6, 6.07) is 0. The van der Waals surface area contributed by atoms with Gasteiger partial charge in [-0.05, 0) is 12.8 Å². The number of likely N-dealkylation sites (tertiary alicyclic amines) is 1. The van der Waals surface area contributed by atoms with Gasteiger partial charge in [0.25, 0.3) is 0 Å². The third-order valence-electron chi connectivity index (χ3n) is 2.73. The van der Waals surface area contributed by atoms with E-state index in [9.17, 15) is 0 Å². The lowest BCUT2D eigenvalue weighted by atomic mass is 10.1. The molecule has 2 rings (SSSR count). The molecule has 0 spiro atoms. The number of imidazole rings is 1. The van der Waals surface area contributed by atoms with E-state index in [-0.39, 0.29) is 0 Å². The standard InChI is InChI=1S/C10H16N4/c1-13-7-5-12-10(13)8-14-6-3-2-4-9(14)11/h5,7,11H,2-4,6,8H2,1H3. The van der Waals surface area contributed by atoms with Crippen LogP contribution < -0.4 is 0 Å². The summed E-state index contributed by atoms with van der Waals surface area (Å²) in [6.07, 6.45) is 7.04. The first-order valence-corrected chi connectivity index (χ1v) is 5.06. The lowest BCUT2D eigenvalue weighted by molar-refractivity contribution is 0.349. The summed E-state index contributed by atoms with van der Waals surface area (Å²) in [5.74, 6) is 1.80. The van der Waals surface area contributed by atoms with Crippen LogP contribution in [-0.4, -0.2) is 26.8 Å². The third-order valence-corrected chi connectivity index (χ3v) is 2.73. The molecule has 1 aromatic rings. The lowest BCUT2D eigenvalue weighted by Crippen LogP contribution is -2.34. The van der Waals surface area contributed by atoms with Gasteiger partial charge in [0.2, 0.25) is 0 Å². The van der Waals surface area contributed by atoms with E-state index in [1.165, 1.54) is 6.42 Å². The molecule has 1 saturated heterocycles. The zero-order valence-electron chi connectivity index (χ0n) is 8.53. The first-order valence-electron chi connectivity index (χ1n) is 5.06. The third kappa shape index (κ3) is 1.78. The number of hydrogen-bond donors (Lipinski definition) is 1. The van der Waals surface area contributed by atoms with Gasteiger partial charge in [-0.15, -0.1) is 0 Å². The summed E-state index contributed by atoms with van der Waals surface area (Å²) in [4.78, 5) is 6.39. The summed E-state index contributed by atoms with van der Waals surface area (Å²) in [7, 11) is 2.00. The Bertz CT molecular complexity index is 329. The van der Waals surface area contributed by atoms with Crippen LogP contribution in [0, 0.1) is 5.41 Å². The van der Waals surface area contributed by atoms with Crippen LogP contribution in [0.1, 0.15) is 25.1 Å². The van der Waals surface area contributed by atoms with E-state index < -0.39 is 0 Å². The predicted octanol–water partition coefficient (Wildman–Crippen LogP) is 1.38. The molecule has 0 aliphatic carbocycles. The highest BCUT2D eigenvalue weighted by molar-refractivity contribution is 5.79. The molecule has 0 aromatic carbocycles. The van der Waals surface area contributed by atoms with E-state index in [2.05, 4.69) is 9.88 Å². The average molecular weight is 192 g/mol. The minimum absolute atomic E-state index is 0.763. The van der Waals surface area contributed by atoms with E-state index in [1.807, 2.05) is 24.0 Å². The zero-order chi connectivity index (χ0) is 9.97. The minimum Gasteiger partial charge on any atom is -0.353 e. The molecular formula is C10H16N4. The molecule has 2 heterocycles. The highest BCUT2D eigenvalue weighted by Crippen LogP contribution is 2.13. The normalized spacial score (nSPS) is 17.5. The smallest absolute Gasteiger partial charge is 0.128 e. The van der Waals surface area contributed by atoms with E-state index in [0.717, 1.165) is 37.6 Å². The van der Waals surface area contributed by atoms with Crippen molar-refractivity contribution in [2.24, 2.45) is 7.05 Å². The first-order chi connectivity index (χ1) is 6.77. The second-order valence-electron chi connectivity index (χ2n) is 3.78. The summed E-state index contributed by atoms with van der Waals surface area (Å²) in [6.45, 7) is 1.79. The van der Waals surface area contributed by atoms with Crippen molar-refractivity contribution in [3.05, 3.63) is 18.2 Å². The molecule has 0 amide bonds. The quantitative estimate of drug-likeness (QED) is 0.769. The molecule has 1 aliphatic rings. The van der Waals surface area contributed by atoms with E-state index in [4.69, 9.17) is 5.41 Å². The van der Waals surface area contributed by atoms with Crippen molar-refractivity contribution >= 4 is 5.84 Å². The van der Waals surface area contributed by atoms with Crippen molar-refractivity contribution in [3.8, 4) is 0 Å². The fourth-order valence-corrected chi connectivity index (χ4v) is 1.78. The highest BCUT2D eigenvalue weighted by atomic mass is 15.2. The second-order valence-corrected chi connectivity index (χ2v) is 3.78. The van der Waals surface area contributed by atoms with Crippen molar-refractivity contribution in [2.75, 3.05) is 6.54 Å². The van der Waals surface area contributed by atoms with Crippen LogP contribution in [0.3, 0.4) is 0 Å². The second kappa shape index (κ2) is 3.82. The van der Waals surface area contributed by atoms with E-state index in [0.29, 0.717) is 0 Å². The Labute approximate surface area is 84.1 Å². The molecule has 4 nitrogen and oxygen atoms in total. The molecule has 76 valence electrons. The lowest BCUT2D eigenvalue weighted by Gasteiger charge is -2.28. The number of nitrogens with zero attached hydrogens (tertiary/aromatic N) is 3. The Balaban J connectivity index is 2.03. The molecule has 1 N–H and O–H groups in total. The number of rotatable bonds is 2. The number of aryl methyl sites for hydroxylation is 1. The molecular weight excluding hydrogens is 176 g/mol. The number of aromatic nitrogens is 2. The van der Waals surface area contributed by atoms with Crippen molar-refractivity contribution in [1.29, 1.82) is 5.41 Å². The van der Waals surface area contributed by atoms with Crippen LogP contribution in [0.15, 0.2) is 12.4 Å². The maximum atomic E-state index is 7.81. The molecule has 0 radical (unpaired) electrons. The maximum absolute atomic E-state index is 7.81. The molecule has 0 bridgehead atoms. The monoisotopic (exact) mass is 192 g/mol. The van der Waals surface area contributed by atoms with Gasteiger partial charge in [0.05, 0.1) is 12.4 Å². The average Bonchev–Trinajstić information content (AvgIpc) is 2.56. The first kappa shape index (κ1) is 9.24. The van der Waals surface area contributed by atoms with Crippen molar-refractivity contribution in [3.63, 3.8) is 0 Å².